The third kappa shape index (κ3) is 2.30. The van der Waals surface area contributed by atoms with Crippen LogP contribution >= 0.6 is 23.2 Å². The SMILES string of the molecule is O=C1C(Cl)=C(c2ccc(F)cc2)C(=O)N1c1ccccc1Cl. The molecule has 0 saturated carbocycles. The van der Waals surface area contributed by atoms with Crippen molar-refractivity contribution in [2.24, 2.45) is 0 Å². The Morgan fingerprint density at radius 2 is 1.50 bits per heavy atom. The summed E-state index contributed by atoms with van der Waals surface area (Å²) in [4.78, 5) is 25.8. The highest BCUT2D eigenvalue weighted by molar-refractivity contribution is 6.60. The second kappa shape index (κ2) is 5.55. The van der Waals surface area contributed by atoms with E-state index in [0.29, 0.717) is 5.56 Å². The maximum Gasteiger partial charge on any atom is 0.277 e. The molecule has 2 amide bonds. The van der Waals surface area contributed by atoms with E-state index in [1.165, 1.54) is 24.3 Å². The van der Waals surface area contributed by atoms with Gasteiger partial charge in [0.25, 0.3) is 11.8 Å². The lowest BCUT2D eigenvalue weighted by Gasteiger charge is -2.16. The van der Waals surface area contributed by atoms with Gasteiger partial charge in [-0.25, -0.2) is 9.29 Å². The summed E-state index contributed by atoms with van der Waals surface area (Å²) in [7, 11) is 0. The van der Waals surface area contributed by atoms with Gasteiger partial charge in [0.2, 0.25) is 0 Å². The number of imide groups is 1. The molecule has 6 heteroatoms. The number of para-hydroxylation sites is 1. The molecule has 0 fully saturated rings. The number of hydrogen-bond acceptors (Lipinski definition) is 2. The fourth-order valence-corrected chi connectivity index (χ4v) is 2.72. The van der Waals surface area contributed by atoms with Crippen LogP contribution in [-0.4, -0.2) is 11.8 Å². The number of anilines is 1. The summed E-state index contributed by atoms with van der Waals surface area (Å²) < 4.78 is 13.0. The van der Waals surface area contributed by atoms with Crippen LogP contribution in [0, 0.1) is 5.82 Å². The highest BCUT2D eigenvalue weighted by Gasteiger charge is 2.39. The van der Waals surface area contributed by atoms with E-state index in [-0.39, 0.29) is 21.3 Å². The van der Waals surface area contributed by atoms with Crippen molar-refractivity contribution in [2.75, 3.05) is 4.90 Å². The van der Waals surface area contributed by atoms with Gasteiger partial charge in [-0.2, -0.15) is 0 Å². The molecule has 22 heavy (non-hydrogen) atoms. The Balaban J connectivity index is 2.08. The Bertz CT molecular complexity index is 815. The van der Waals surface area contributed by atoms with E-state index >= 15 is 0 Å². The van der Waals surface area contributed by atoms with Crippen molar-refractivity contribution in [3.05, 3.63) is 70.0 Å². The molecule has 0 bridgehead atoms. The first-order valence-electron chi connectivity index (χ1n) is 6.29. The second-order valence-electron chi connectivity index (χ2n) is 4.59. The van der Waals surface area contributed by atoms with Gasteiger partial charge in [0.05, 0.1) is 16.3 Å². The van der Waals surface area contributed by atoms with E-state index in [1.54, 1.807) is 24.3 Å². The van der Waals surface area contributed by atoms with Crippen LogP contribution < -0.4 is 4.90 Å². The number of halogens is 3. The Hall–Kier alpha value is -2.17. The van der Waals surface area contributed by atoms with E-state index in [0.717, 1.165) is 4.90 Å². The monoisotopic (exact) mass is 335 g/mol. The molecule has 0 aromatic heterocycles. The molecule has 1 heterocycles. The van der Waals surface area contributed by atoms with Crippen LogP contribution in [0.2, 0.25) is 5.02 Å². The molecule has 0 unspecified atom stereocenters. The molecule has 1 aliphatic heterocycles. The van der Waals surface area contributed by atoms with E-state index in [4.69, 9.17) is 23.2 Å². The summed E-state index contributed by atoms with van der Waals surface area (Å²) in [6.45, 7) is 0. The molecule has 0 saturated heterocycles. The zero-order valence-corrected chi connectivity index (χ0v) is 12.5. The second-order valence-corrected chi connectivity index (χ2v) is 5.38. The summed E-state index contributed by atoms with van der Waals surface area (Å²) >= 11 is 12.1. The van der Waals surface area contributed by atoms with Crippen LogP contribution in [0.4, 0.5) is 10.1 Å². The molecule has 2 aromatic rings. The van der Waals surface area contributed by atoms with Gasteiger partial charge in [-0.3, -0.25) is 9.59 Å². The molecule has 0 atom stereocenters. The molecule has 2 aromatic carbocycles. The minimum atomic E-state index is -0.654. The van der Waals surface area contributed by atoms with Crippen molar-refractivity contribution in [3.8, 4) is 0 Å². The highest BCUT2D eigenvalue weighted by Crippen LogP contribution is 2.37. The van der Waals surface area contributed by atoms with Crippen molar-refractivity contribution < 1.29 is 14.0 Å². The Labute approximate surface area is 135 Å². The molecule has 110 valence electrons. The molecular formula is C16H8Cl2FNO2. The smallest absolute Gasteiger partial charge is 0.268 e. The largest absolute Gasteiger partial charge is 0.277 e. The van der Waals surface area contributed by atoms with Gasteiger partial charge in [0.15, 0.2) is 0 Å². The maximum atomic E-state index is 13.0. The molecule has 3 rings (SSSR count). The van der Waals surface area contributed by atoms with Crippen molar-refractivity contribution in [2.45, 2.75) is 0 Å². The zero-order valence-electron chi connectivity index (χ0n) is 11.0. The van der Waals surface area contributed by atoms with E-state index in [1.807, 2.05) is 0 Å². The predicted molar refractivity (Wildman–Crippen MR) is 83.1 cm³/mol. The maximum absolute atomic E-state index is 13.0. The number of amides is 2. The summed E-state index contributed by atoms with van der Waals surface area (Å²) in [6, 6.07) is 11.7. The Morgan fingerprint density at radius 3 is 2.14 bits per heavy atom. The lowest BCUT2D eigenvalue weighted by atomic mass is 10.1. The van der Waals surface area contributed by atoms with Crippen molar-refractivity contribution >= 4 is 46.3 Å². The number of benzene rings is 2. The molecule has 0 radical (unpaired) electrons. The highest BCUT2D eigenvalue weighted by atomic mass is 35.5. The number of rotatable bonds is 2. The summed E-state index contributed by atoms with van der Waals surface area (Å²) in [5.41, 5.74) is 0.667. The molecule has 0 N–H and O–H groups in total. The van der Waals surface area contributed by atoms with Crippen LogP contribution in [0.25, 0.3) is 5.57 Å². The first-order chi connectivity index (χ1) is 10.5. The third-order valence-corrected chi connectivity index (χ3v) is 3.92. The lowest BCUT2D eigenvalue weighted by Crippen LogP contribution is -2.31. The van der Waals surface area contributed by atoms with Gasteiger partial charge < -0.3 is 0 Å². The average Bonchev–Trinajstić information content (AvgIpc) is 2.72. The normalized spacial score (nSPS) is 15.0. The zero-order chi connectivity index (χ0) is 15.9. The first kappa shape index (κ1) is 14.8. The lowest BCUT2D eigenvalue weighted by molar-refractivity contribution is -0.119. The average molecular weight is 336 g/mol. The Morgan fingerprint density at radius 1 is 0.864 bits per heavy atom. The van der Waals surface area contributed by atoms with E-state index in [2.05, 4.69) is 0 Å². The number of carbonyl (C=O) groups excluding carboxylic acids is 2. The summed E-state index contributed by atoms with van der Waals surface area (Å²) in [5.74, 6) is -1.69. The van der Waals surface area contributed by atoms with Crippen LogP contribution in [0.3, 0.4) is 0 Å². The minimum absolute atomic E-state index is 0.0339. The summed E-state index contributed by atoms with van der Waals surface area (Å²) in [6.07, 6.45) is 0. The van der Waals surface area contributed by atoms with Gasteiger partial charge >= 0.3 is 0 Å². The van der Waals surface area contributed by atoms with Crippen molar-refractivity contribution in [1.82, 2.24) is 0 Å². The van der Waals surface area contributed by atoms with Gasteiger partial charge in [-0.05, 0) is 29.8 Å². The number of carbonyl (C=O) groups is 2. The van der Waals surface area contributed by atoms with Crippen LogP contribution in [0.5, 0.6) is 0 Å². The Kier molecular flexibility index (Phi) is 3.72. The van der Waals surface area contributed by atoms with E-state index in [9.17, 15) is 14.0 Å². The first-order valence-corrected chi connectivity index (χ1v) is 7.05. The van der Waals surface area contributed by atoms with E-state index < -0.39 is 17.6 Å². The standard InChI is InChI=1S/C16H8Cl2FNO2/c17-11-3-1-2-4-12(11)20-15(21)13(14(18)16(20)22)9-5-7-10(19)8-6-9/h1-8H. The van der Waals surface area contributed by atoms with Crippen LogP contribution in [0.15, 0.2) is 53.6 Å². The topological polar surface area (TPSA) is 37.4 Å². The molecular weight excluding hydrogens is 328 g/mol. The molecule has 0 spiro atoms. The summed E-state index contributed by atoms with van der Waals surface area (Å²) in [5, 5.41) is 0.0468. The van der Waals surface area contributed by atoms with Gasteiger partial charge in [0.1, 0.15) is 10.8 Å². The van der Waals surface area contributed by atoms with Crippen LogP contribution in [0.1, 0.15) is 5.56 Å². The van der Waals surface area contributed by atoms with Gasteiger partial charge in [-0.15, -0.1) is 0 Å². The molecule has 0 aliphatic carbocycles. The fourth-order valence-electron chi connectivity index (χ4n) is 2.22. The minimum Gasteiger partial charge on any atom is -0.268 e. The van der Waals surface area contributed by atoms with Gasteiger partial charge in [0, 0.05) is 0 Å². The van der Waals surface area contributed by atoms with Crippen molar-refractivity contribution in [3.63, 3.8) is 0 Å². The predicted octanol–water partition coefficient (Wildman–Crippen LogP) is 4.00. The molecule has 3 nitrogen and oxygen atoms in total. The number of nitrogens with zero attached hydrogens (tertiary/aromatic N) is 1. The fraction of sp³-hybridized carbons (Fsp3) is 0. The quantitative estimate of drug-likeness (QED) is 0.778. The van der Waals surface area contributed by atoms with Crippen molar-refractivity contribution in [1.29, 1.82) is 0 Å². The van der Waals surface area contributed by atoms with Gasteiger partial charge in [-0.1, -0.05) is 47.5 Å². The molecule has 1 aliphatic rings. The third-order valence-electron chi connectivity index (χ3n) is 3.25. The van der Waals surface area contributed by atoms with Crippen LogP contribution in [-0.2, 0) is 9.59 Å². The number of hydrogen-bond donors (Lipinski definition) is 0.